The summed E-state index contributed by atoms with van der Waals surface area (Å²) in [5, 5.41) is 5.17. The second-order valence-electron chi connectivity index (χ2n) is 4.77. The maximum Gasteiger partial charge on any atom is 0.309 e. The van der Waals surface area contributed by atoms with Crippen LogP contribution in [0.1, 0.15) is 26.0 Å². The Kier molecular flexibility index (Phi) is 6.57. The molecule has 1 aromatic rings. The zero-order chi connectivity index (χ0) is 14.1. The normalized spacial score (nSPS) is 10.3. The number of amides is 2. The summed E-state index contributed by atoms with van der Waals surface area (Å²) >= 11 is 0. The second kappa shape index (κ2) is 8.24. The predicted molar refractivity (Wildman–Crippen MR) is 73.4 cm³/mol. The monoisotopic (exact) mass is 263 g/mol. The molecule has 0 bridgehead atoms. The number of nitrogens with one attached hydrogen (secondary N) is 2. The van der Waals surface area contributed by atoms with E-state index in [0.717, 1.165) is 12.1 Å². The molecule has 1 rings (SSSR count). The molecule has 1 aromatic heterocycles. The zero-order valence-corrected chi connectivity index (χ0v) is 11.5. The molecule has 0 aliphatic heterocycles. The van der Waals surface area contributed by atoms with Crippen LogP contribution in [0.5, 0.6) is 0 Å². The Balaban J connectivity index is 2.18. The summed E-state index contributed by atoms with van der Waals surface area (Å²) in [4.78, 5) is 27.0. The van der Waals surface area contributed by atoms with Crippen molar-refractivity contribution in [3.8, 4) is 0 Å². The molecule has 0 saturated carbocycles. The van der Waals surface area contributed by atoms with Crippen LogP contribution in [0.3, 0.4) is 0 Å². The summed E-state index contributed by atoms with van der Waals surface area (Å²) in [5.41, 5.74) is 0.892. The van der Waals surface area contributed by atoms with Gasteiger partial charge >= 0.3 is 11.8 Å². The summed E-state index contributed by atoms with van der Waals surface area (Å²) in [6, 6.07) is 5.61. The molecule has 0 unspecified atom stereocenters. The van der Waals surface area contributed by atoms with Gasteiger partial charge in [-0.15, -0.1) is 0 Å². The number of pyridine rings is 1. The van der Waals surface area contributed by atoms with E-state index in [1.165, 1.54) is 0 Å². The van der Waals surface area contributed by atoms with Crippen molar-refractivity contribution in [1.82, 2.24) is 15.6 Å². The Morgan fingerprint density at radius 1 is 1.16 bits per heavy atom. The van der Waals surface area contributed by atoms with Crippen LogP contribution in [-0.2, 0) is 16.0 Å². The van der Waals surface area contributed by atoms with Crippen molar-refractivity contribution < 1.29 is 9.59 Å². The van der Waals surface area contributed by atoms with Gasteiger partial charge in [0.25, 0.3) is 0 Å². The van der Waals surface area contributed by atoms with Crippen LogP contribution in [0.4, 0.5) is 0 Å². The SMILES string of the molecule is CC(C)CCNC(=O)C(=O)NCCc1ccccn1. The third-order valence-electron chi connectivity index (χ3n) is 2.61. The Morgan fingerprint density at radius 3 is 2.42 bits per heavy atom. The van der Waals surface area contributed by atoms with Crippen molar-refractivity contribution in [3.05, 3.63) is 30.1 Å². The van der Waals surface area contributed by atoms with Crippen LogP contribution in [0.25, 0.3) is 0 Å². The van der Waals surface area contributed by atoms with E-state index >= 15 is 0 Å². The van der Waals surface area contributed by atoms with Gasteiger partial charge < -0.3 is 10.6 Å². The summed E-state index contributed by atoms with van der Waals surface area (Å²) in [7, 11) is 0. The van der Waals surface area contributed by atoms with Crippen LogP contribution in [0.2, 0.25) is 0 Å². The first-order valence-corrected chi connectivity index (χ1v) is 6.55. The van der Waals surface area contributed by atoms with Crippen LogP contribution in [0.15, 0.2) is 24.4 Å². The quantitative estimate of drug-likeness (QED) is 0.749. The molecule has 0 aromatic carbocycles. The summed E-state index contributed by atoms with van der Waals surface area (Å²) in [5.74, 6) is -0.645. The first kappa shape index (κ1) is 15.1. The number of hydrogen-bond donors (Lipinski definition) is 2. The molecule has 0 aliphatic rings. The first-order chi connectivity index (χ1) is 9.09. The fourth-order valence-electron chi connectivity index (χ4n) is 1.49. The smallest absolute Gasteiger partial charge is 0.309 e. The molecule has 2 N–H and O–H groups in total. The number of nitrogens with zero attached hydrogens (tertiary/aromatic N) is 1. The maximum atomic E-state index is 11.5. The van der Waals surface area contributed by atoms with E-state index in [9.17, 15) is 9.59 Å². The molecular formula is C14H21N3O2. The van der Waals surface area contributed by atoms with Crippen molar-refractivity contribution in [2.45, 2.75) is 26.7 Å². The van der Waals surface area contributed by atoms with Crippen LogP contribution in [0, 0.1) is 5.92 Å². The highest BCUT2D eigenvalue weighted by Gasteiger charge is 2.11. The highest BCUT2D eigenvalue weighted by molar-refractivity contribution is 6.35. The standard InChI is InChI=1S/C14H21N3O2/c1-11(2)6-9-16-13(18)14(19)17-10-7-12-5-3-4-8-15-12/h3-5,8,11H,6-7,9-10H2,1-2H3,(H,16,18)(H,17,19). The number of hydrogen-bond acceptors (Lipinski definition) is 3. The Bertz CT molecular complexity index is 404. The fraction of sp³-hybridized carbons (Fsp3) is 0.500. The molecule has 2 amide bonds. The molecule has 0 atom stereocenters. The third kappa shape index (κ3) is 6.55. The van der Waals surface area contributed by atoms with Gasteiger partial charge in [0.1, 0.15) is 0 Å². The lowest BCUT2D eigenvalue weighted by molar-refractivity contribution is -0.139. The van der Waals surface area contributed by atoms with Crippen LogP contribution >= 0.6 is 0 Å². The maximum absolute atomic E-state index is 11.5. The summed E-state index contributed by atoms with van der Waals surface area (Å²) < 4.78 is 0. The zero-order valence-electron chi connectivity index (χ0n) is 11.5. The van der Waals surface area contributed by atoms with Gasteiger partial charge in [0, 0.05) is 31.4 Å². The van der Waals surface area contributed by atoms with Gasteiger partial charge in [-0.2, -0.15) is 0 Å². The van der Waals surface area contributed by atoms with E-state index in [2.05, 4.69) is 29.5 Å². The van der Waals surface area contributed by atoms with Crippen molar-refractivity contribution in [2.24, 2.45) is 5.92 Å². The second-order valence-corrected chi connectivity index (χ2v) is 4.77. The van der Waals surface area contributed by atoms with E-state index in [-0.39, 0.29) is 0 Å². The van der Waals surface area contributed by atoms with E-state index in [4.69, 9.17) is 0 Å². The predicted octanol–water partition coefficient (Wildman–Crippen LogP) is 0.903. The Labute approximate surface area is 113 Å². The molecular weight excluding hydrogens is 242 g/mol. The largest absolute Gasteiger partial charge is 0.348 e. The first-order valence-electron chi connectivity index (χ1n) is 6.55. The number of carbonyl (C=O) groups excluding carboxylic acids is 2. The molecule has 5 nitrogen and oxygen atoms in total. The van der Waals surface area contributed by atoms with Crippen LogP contribution < -0.4 is 10.6 Å². The average Bonchev–Trinajstić information content (AvgIpc) is 2.39. The van der Waals surface area contributed by atoms with Crippen molar-refractivity contribution >= 4 is 11.8 Å². The molecule has 104 valence electrons. The van der Waals surface area contributed by atoms with Crippen molar-refractivity contribution in [1.29, 1.82) is 0 Å². The van der Waals surface area contributed by atoms with Gasteiger partial charge in [-0.25, -0.2) is 0 Å². The molecule has 5 heteroatoms. The molecule has 0 saturated heterocycles. The van der Waals surface area contributed by atoms with Gasteiger partial charge in [-0.1, -0.05) is 19.9 Å². The number of carbonyl (C=O) groups is 2. The minimum Gasteiger partial charge on any atom is -0.348 e. The highest BCUT2D eigenvalue weighted by atomic mass is 16.2. The minimum atomic E-state index is -0.584. The lowest BCUT2D eigenvalue weighted by atomic mass is 10.1. The van der Waals surface area contributed by atoms with Gasteiger partial charge in [-0.3, -0.25) is 14.6 Å². The molecule has 0 radical (unpaired) electrons. The van der Waals surface area contributed by atoms with Crippen LogP contribution in [-0.4, -0.2) is 29.9 Å². The lowest BCUT2D eigenvalue weighted by Gasteiger charge is -2.07. The molecule has 19 heavy (non-hydrogen) atoms. The summed E-state index contributed by atoms with van der Waals surface area (Å²) in [6.45, 7) is 5.08. The third-order valence-corrected chi connectivity index (χ3v) is 2.61. The molecule has 0 spiro atoms. The van der Waals surface area contributed by atoms with Gasteiger partial charge in [0.15, 0.2) is 0 Å². The van der Waals surface area contributed by atoms with E-state index in [0.29, 0.717) is 25.4 Å². The highest BCUT2D eigenvalue weighted by Crippen LogP contribution is 1.96. The van der Waals surface area contributed by atoms with E-state index < -0.39 is 11.8 Å². The fourth-order valence-corrected chi connectivity index (χ4v) is 1.49. The minimum absolute atomic E-state index is 0.410. The number of aromatic nitrogens is 1. The number of rotatable bonds is 6. The van der Waals surface area contributed by atoms with Crippen molar-refractivity contribution in [3.63, 3.8) is 0 Å². The summed E-state index contributed by atoms with van der Waals surface area (Å²) in [6.07, 6.45) is 3.19. The van der Waals surface area contributed by atoms with Crippen molar-refractivity contribution in [2.75, 3.05) is 13.1 Å². The van der Waals surface area contributed by atoms with Gasteiger partial charge in [-0.05, 0) is 24.5 Å². The van der Waals surface area contributed by atoms with E-state index in [1.807, 2.05) is 18.2 Å². The van der Waals surface area contributed by atoms with Gasteiger partial charge in [0.05, 0.1) is 0 Å². The lowest BCUT2D eigenvalue weighted by Crippen LogP contribution is -2.41. The Hall–Kier alpha value is -1.91. The molecule has 0 fully saturated rings. The molecule has 0 aliphatic carbocycles. The van der Waals surface area contributed by atoms with Gasteiger partial charge in [0.2, 0.25) is 0 Å². The average molecular weight is 263 g/mol. The van der Waals surface area contributed by atoms with E-state index in [1.54, 1.807) is 6.20 Å². The Morgan fingerprint density at radius 2 is 1.84 bits per heavy atom. The topological polar surface area (TPSA) is 71.1 Å². The molecule has 1 heterocycles.